The maximum atomic E-state index is 5.49. The van der Waals surface area contributed by atoms with Gasteiger partial charge in [0.25, 0.3) is 0 Å². The summed E-state index contributed by atoms with van der Waals surface area (Å²) < 4.78 is 5.43. The van der Waals surface area contributed by atoms with Gasteiger partial charge in [0, 0.05) is 41.4 Å². The minimum Gasteiger partial charge on any atom is -0.384 e. The predicted molar refractivity (Wildman–Crippen MR) is 98.4 cm³/mol. The lowest BCUT2D eigenvalue weighted by atomic mass is 10.1. The second-order valence-electron chi connectivity index (χ2n) is 5.84. The molecule has 2 aromatic heterocycles. The number of fused-ring (bicyclic) bond motifs is 1. The second-order valence-corrected chi connectivity index (χ2v) is 5.84. The highest BCUT2D eigenvalue weighted by Crippen LogP contribution is 2.22. The number of para-hydroxylation sites is 1. The molecule has 0 radical (unpaired) electrons. The largest absolute Gasteiger partial charge is 0.384 e. The highest BCUT2D eigenvalue weighted by molar-refractivity contribution is 5.83. The summed E-state index contributed by atoms with van der Waals surface area (Å²) in [4.78, 5) is 7.79. The number of hydrogen-bond donors (Lipinski definition) is 3. The third kappa shape index (κ3) is 3.25. The number of rotatable bonds is 6. The van der Waals surface area contributed by atoms with Crippen LogP contribution in [0.3, 0.4) is 0 Å². The number of H-pyrrole nitrogens is 1. The van der Waals surface area contributed by atoms with E-state index in [-0.39, 0.29) is 0 Å². The van der Waals surface area contributed by atoms with Crippen molar-refractivity contribution < 1.29 is 4.52 Å². The summed E-state index contributed by atoms with van der Waals surface area (Å²) >= 11 is 0. The van der Waals surface area contributed by atoms with Crippen LogP contribution >= 0.6 is 0 Å². The summed E-state index contributed by atoms with van der Waals surface area (Å²) in [5.41, 5.74) is 9.70. The monoisotopic (exact) mass is 333 g/mol. The number of aromatic nitrogens is 3. The van der Waals surface area contributed by atoms with Crippen molar-refractivity contribution in [3.63, 3.8) is 0 Å². The SMILES string of the molecule is NCCNc1ccc(-c2noc(Cc3c[nH]c4ccccc34)n2)cc1. The third-order valence-electron chi connectivity index (χ3n) is 4.10. The minimum atomic E-state index is 0.597. The molecule has 6 nitrogen and oxygen atoms in total. The zero-order valence-electron chi connectivity index (χ0n) is 13.7. The number of aromatic amines is 1. The number of nitrogens with two attached hydrogens (primary N) is 1. The average Bonchev–Trinajstić information content (AvgIpc) is 3.28. The van der Waals surface area contributed by atoms with Gasteiger partial charge in [0.15, 0.2) is 0 Å². The van der Waals surface area contributed by atoms with E-state index in [1.807, 2.05) is 42.6 Å². The van der Waals surface area contributed by atoms with Gasteiger partial charge in [-0.25, -0.2) is 0 Å². The molecule has 4 aromatic rings. The first-order valence-electron chi connectivity index (χ1n) is 8.25. The Bertz CT molecular complexity index is 971. The Hall–Kier alpha value is -3.12. The Morgan fingerprint density at radius 1 is 1.08 bits per heavy atom. The van der Waals surface area contributed by atoms with Crippen molar-refractivity contribution in [2.24, 2.45) is 5.73 Å². The summed E-state index contributed by atoms with van der Waals surface area (Å²) in [5, 5.41) is 8.51. The molecular weight excluding hydrogens is 314 g/mol. The van der Waals surface area contributed by atoms with Crippen LogP contribution in [0, 0.1) is 0 Å². The number of hydrogen-bond acceptors (Lipinski definition) is 5. The van der Waals surface area contributed by atoms with Crippen molar-refractivity contribution >= 4 is 16.6 Å². The van der Waals surface area contributed by atoms with Crippen molar-refractivity contribution in [2.45, 2.75) is 6.42 Å². The highest BCUT2D eigenvalue weighted by atomic mass is 16.5. The van der Waals surface area contributed by atoms with Gasteiger partial charge in [0.05, 0.1) is 6.42 Å². The first kappa shape index (κ1) is 15.4. The van der Waals surface area contributed by atoms with E-state index in [0.29, 0.717) is 24.7 Å². The molecule has 0 aliphatic heterocycles. The topological polar surface area (TPSA) is 92.8 Å². The lowest BCUT2D eigenvalue weighted by molar-refractivity contribution is 0.386. The van der Waals surface area contributed by atoms with Crippen LogP contribution in [0.1, 0.15) is 11.5 Å². The lowest BCUT2D eigenvalue weighted by Gasteiger charge is -2.04. The van der Waals surface area contributed by atoms with Crippen LogP contribution in [0.5, 0.6) is 0 Å². The first-order valence-corrected chi connectivity index (χ1v) is 8.25. The van der Waals surface area contributed by atoms with Gasteiger partial charge in [0.1, 0.15) is 0 Å². The fourth-order valence-corrected chi connectivity index (χ4v) is 2.84. The van der Waals surface area contributed by atoms with Crippen molar-refractivity contribution in [1.82, 2.24) is 15.1 Å². The molecule has 2 aromatic carbocycles. The average molecular weight is 333 g/mol. The van der Waals surface area contributed by atoms with Gasteiger partial charge < -0.3 is 20.6 Å². The quantitative estimate of drug-likeness (QED) is 0.504. The van der Waals surface area contributed by atoms with Gasteiger partial charge >= 0.3 is 0 Å². The standard InChI is InChI=1S/C19H19N5O/c20-9-10-21-15-7-5-13(6-8-15)19-23-18(25-24-19)11-14-12-22-17-4-2-1-3-16(14)17/h1-8,12,21-22H,9-11,20H2. The molecular formula is C19H19N5O. The van der Waals surface area contributed by atoms with Crippen molar-refractivity contribution in [2.75, 3.05) is 18.4 Å². The molecule has 2 heterocycles. The van der Waals surface area contributed by atoms with Gasteiger partial charge in [-0.1, -0.05) is 23.4 Å². The highest BCUT2D eigenvalue weighted by Gasteiger charge is 2.11. The van der Waals surface area contributed by atoms with Crippen LogP contribution in [0.15, 0.2) is 59.3 Å². The van der Waals surface area contributed by atoms with E-state index in [1.54, 1.807) is 0 Å². The molecule has 4 rings (SSSR count). The Kier molecular flexibility index (Phi) is 4.18. The Morgan fingerprint density at radius 2 is 1.92 bits per heavy atom. The zero-order valence-corrected chi connectivity index (χ0v) is 13.7. The molecule has 0 fully saturated rings. The first-order chi connectivity index (χ1) is 12.3. The molecule has 0 spiro atoms. The van der Waals surface area contributed by atoms with Gasteiger partial charge in [-0.3, -0.25) is 0 Å². The van der Waals surface area contributed by atoms with E-state index in [4.69, 9.17) is 10.3 Å². The van der Waals surface area contributed by atoms with E-state index >= 15 is 0 Å². The third-order valence-corrected chi connectivity index (χ3v) is 4.10. The van der Waals surface area contributed by atoms with Gasteiger partial charge in [-0.2, -0.15) is 4.98 Å². The van der Waals surface area contributed by atoms with Crippen LogP contribution in [-0.2, 0) is 6.42 Å². The molecule has 0 aliphatic carbocycles. The predicted octanol–water partition coefficient (Wildman–Crippen LogP) is 3.18. The van der Waals surface area contributed by atoms with E-state index in [9.17, 15) is 0 Å². The van der Waals surface area contributed by atoms with Gasteiger partial charge in [0.2, 0.25) is 11.7 Å². The molecule has 0 saturated heterocycles. The van der Waals surface area contributed by atoms with Crippen LogP contribution in [0.25, 0.3) is 22.3 Å². The van der Waals surface area contributed by atoms with Crippen molar-refractivity contribution in [3.8, 4) is 11.4 Å². The van der Waals surface area contributed by atoms with E-state index in [2.05, 4.69) is 32.6 Å². The van der Waals surface area contributed by atoms with Gasteiger partial charge in [-0.15, -0.1) is 0 Å². The second kappa shape index (κ2) is 6.78. The van der Waals surface area contributed by atoms with Crippen molar-refractivity contribution in [3.05, 3.63) is 66.2 Å². The summed E-state index contributed by atoms with van der Waals surface area (Å²) in [7, 11) is 0. The smallest absolute Gasteiger partial charge is 0.231 e. The van der Waals surface area contributed by atoms with Crippen molar-refractivity contribution in [1.29, 1.82) is 0 Å². The van der Waals surface area contributed by atoms with Gasteiger partial charge in [-0.05, 0) is 35.9 Å². The van der Waals surface area contributed by atoms with E-state index < -0.39 is 0 Å². The molecule has 0 unspecified atom stereocenters. The molecule has 126 valence electrons. The van der Waals surface area contributed by atoms with Crippen LogP contribution in [-0.4, -0.2) is 28.2 Å². The summed E-state index contributed by atoms with van der Waals surface area (Å²) in [6.45, 7) is 1.35. The minimum absolute atomic E-state index is 0.597. The Morgan fingerprint density at radius 3 is 2.76 bits per heavy atom. The maximum Gasteiger partial charge on any atom is 0.231 e. The number of nitrogens with zero attached hydrogens (tertiary/aromatic N) is 2. The molecule has 0 amide bonds. The normalized spacial score (nSPS) is 11.1. The Balaban J connectivity index is 1.52. The molecule has 0 atom stereocenters. The summed E-state index contributed by atoms with van der Waals surface area (Å²) in [5.74, 6) is 1.20. The lowest BCUT2D eigenvalue weighted by Crippen LogP contribution is -2.12. The molecule has 0 bridgehead atoms. The summed E-state index contributed by atoms with van der Waals surface area (Å²) in [6.07, 6.45) is 2.60. The fraction of sp³-hybridized carbons (Fsp3) is 0.158. The fourth-order valence-electron chi connectivity index (χ4n) is 2.84. The zero-order chi connectivity index (χ0) is 17.1. The number of nitrogens with one attached hydrogen (secondary N) is 2. The van der Waals surface area contributed by atoms with E-state index in [0.717, 1.165) is 28.9 Å². The van der Waals surface area contributed by atoms with Crippen LogP contribution in [0.4, 0.5) is 5.69 Å². The molecule has 0 saturated carbocycles. The summed E-state index contributed by atoms with van der Waals surface area (Å²) in [6, 6.07) is 16.1. The van der Waals surface area contributed by atoms with Crippen LogP contribution in [0.2, 0.25) is 0 Å². The van der Waals surface area contributed by atoms with E-state index in [1.165, 1.54) is 5.39 Å². The molecule has 6 heteroatoms. The molecule has 0 aliphatic rings. The maximum absolute atomic E-state index is 5.49. The molecule has 25 heavy (non-hydrogen) atoms. The number of benzene rings is 2. The van der Waals surface area contributed by atoms with Crippen LogP contribution < -0.4 is 11.1 Å². The number of anilines is 1. The molecule has 4 N–H and O–H groups in total. The Labute approximate surface area is 145 Å².